The molecule has 0 aliphatic rings. The molecule has 5 nitrogen and oxygen atoms in total. The zero-order chi connectivity index (χ0) is 13.4. The number of anilines is 1. The lowest BCUT2D eigenvalue weighted by molar-refractivity contribution is 0.147. The van der Waals surface area contributed by atoms with Gasteiger partial charge in [-0.1, -0.05) is 0 Å². The third-order valence-corrected chi connectivity index (χ3v) is 3.23. The molecule has 0 aromatic carbocycles. The topological polar surface area (TPSA) is 56.1 Å². The molecule has 0 fully saturated rings. The van der Waals surface area contributed by atoms with Gasteiger partial charge in [0.15, 0.2) is 0 Å². The summed E-state index contributed by atoms with van der Waals surface area (Å²) in [6.45, 7) is 7.06. The number of imidazole rings is 1. The van der Waals surface area contributed by atoms with E-state index in [1.165, 1.54) is 0 Å². The lowest BCUT2D eigenvalue weighted by atomic mass is 10.4. The third-order valence-electron chi connectivity index (χ3n) is 2.47. The summed E-state index contributed by atoms with van der Waals surface area (Å²) in [4.78, 5) is 4.42. The SMILES string of the molecule is CCOCCCNc1nc(C)cn1CCS(C)=O. The Balaban J connectivity index is 2.40. The van der Waals surface area contributed by atoms with Crippen molar-refractivity contribution in [3.63, 3.8) is 0 Å². The van der Waals surface area contributed by atoms with Crippen molar-refractivity contribution in [2.45, 2.75) is 26.8 Å². The van der Waals surface area contributed by atoms with Crippen LogP contribution in [0.2, 0.25) is 0 Å². The van der Waals surface area contributed by atoms with Crippen LogP contribution in [0.25, 0.3) is 0 Å². The highest BCUT2D eigenvalue weighted by Crippen LogP contribution is 2.08. The second-order valence-corrected chi connectivity index (χ2v) is 5.71. The van der Waals surface area contributed by atoms with E-state index >= 15 is 0 Å². The van der Waals surface area contributed by atoms with E-state index in [0.29, 0.717) is 5.75 Å². The highest BCUT2D eigenvalue weighted by Gasteiger charge is 2.05. The number of nitrogens with one attached hydrogen (secondary N) is 1. The summed E-state index contributed by atoms with van der Waals surface area (Å²) in [6.07, 6.45) is 4.66. The number of hydrogen-bond donors (Lipinski definition) is 1. The van der Waals surface area contributed by atoms with Crippen molar-refractivity contribution in [3.8, 4) is 0 Å². The molecule has 0 aliphatic heterocycles. The van der Waals surface area contributed by atoms with Crippen molar-refractivity contribution in [2.24, 2.45) is 0 Å². The summed E-state index contributed by atoms with van der Waals surface area (Å²) in [5.74, 6) is 1.51. The molecule has 0 amide bonds. The maximum absolute atomic E-state index is 11.1. The van der Waals surface area contributed by atoms with E-state index < -0.39 is 10.8 Å². The summed E-state index contributed by atoms with van der Waals surface area (Å²) in [5, 5.41) is 3.29. The Labute approximate surface area is 111 Å². The number of aryl methyl sites for hydroxylation is 2. The standard InChI is InChI=1S/C12H23N3O2S/c1-4-17-8-5-6-13-12-14-11(2)10-15(12)7-9-18(3)16/h10H,4-9H2,1-3H3,(H,13,14). The van der Waals surface area contributed by atoms with Gasteiger partial charge in [0.05, 0.1) is 5.69 Å². The minimum atomic E-state index is -0.771. The van der Waals surface area contributed by atoms with E-state index in [-0.39, 0.29) is 0 Å². The third kappa shape index (κ3) is 5.64. The van der Waals surface area contributed by atoms with Gasteiger partial charge in [0, 0.05) is 55.3 Å². The molecular formula is C12H23N3O2S. The number of aromatic nitrogens is 2. The summed E-state index contributed by atoms with van der Waals surface area (Å²) < 4.78 is 18.4. The Hall–Kier alpha value is -0.880. The molecule has 1 unspecified atom stereocenters. The summed E-state index contributed by atoms with van der Waals surface area (Å²) in [5.41, 5.74) is 0.976. The van der Waals surface area contributed by atoms with Crippen molar-refractivity contribution in [2.75, 3.05) is 37.1 Å². The van der Waals surface area contributed by atoms with Crippen LogP contribution in [0, 0.1) is 6.92 Å². The number of nitrogens with zero attached hydrogens (tertiary/aromatic N) is 2. The molecule has 1 N–H and O–H groups in total. The minimum Gasteiger partial charge on any atom is -0.382 e. The summed E-state index contributed by atoms with van der Waals surface area (Å²) in [7, 11) is -0.771. The Morgan fingerprint density at radius 2 is 2.33 bits per heavy atom. The van der Waals surface area contributed by atoms with Gasteiger partial charge in [-0.3, -0.25) is 4.21 Å². The Kier molecular flexibility index (Phi) is 6.97. The quantitative estimate of drug-likeness (QED) is 0.691. The lowest BCUT2D eigenvalue weighted by Gasteiger charge is -2.09. The van der Waals surface area contributed by atoms with Crippen LogP contribution < -0.4 is 5.32 Å². The summed E-state index contributed by atoms with van der Waals surface area (Å²) in [6, 6.07) is 0. The smallest absolute Gasteiger partial charge is 0.203 e. The molecule has 0 saturated heterocycles. The lowest BCUT2D eigenvalue weighted by Crippen LogP contribution is -2.13. The fourth-order valence-corrected chi connectivity index (χ4v) is 2.06. The zero-order valence-corrected chi connectivity index (χ0v) is 12.3. The first-order chi connectivity index (χ1) is 8.63. The van der Waals surface area contributed by atoms with Crippen LogP contribution >= 0.6 is 0 Å². The molecule has 0 bridgehead atoms. The molecule has 1 aromatic rings. The van der Waals surface area contributed by atoms with Crippen LogP contribution in [0.15, 0.2) is 6.20 Å². The Morgan fingerprint density at radius 3 is 3.00 bits per heavy atom. The molecule has 1 rings (SSSR count). The van der Waals surface area contributed by atoms with Gasteiger partial charge in [-0.25, -0.2) is 4.98 Å². The van der Waals surface area contributed by atoms with Crippen molar-refractivity contribution in [1.82, 2.24) is 9.55 Å². The van der Waals surface area contributed by atoms with Crippen molar-refractivity contribution in [1.29, 1.82) is 0 Å². The van der Waals surface area contributed by atoms with Gasteiger partial charge in [0.1, 0.15) is 0 Å². The van der Waals surface area contributed by atoms with Crippen LogP contribution in [0.3, 0.4) is 0 Å². The average molecular weight is 273 g/mol. The molecule has 1 heterocycles. The van der Waals surface area contributed by atoms with Gasteiger partial charge in [-0.15, -0.1) is 0 Å². The first kappa shape index (κ1) is 15.2. The molecule has 0 aliphatic carbocycles. The van der Waals surface area contributed by atoms with Gasteiger partial charge in [-0.2, -0.15) is 0 Å². The van der Waals surface area contributed by atoms with E-state index in [2.05, 4.69) is 10.3 Å². The van der Waals surface area contributed by atoms with E-state index in [1.807, 2.05) is 24.6 Å². The molecule has 18 heavy (non-hydrogen) atoms. The van der Waals surface area contributed by atoms with Gasteiger partial charge in [-0.05, 0) is 20.3 Å². The van der Waals surface area contributed by atoms with Crippen LogP contribution in [-0.4, -0.2) is 45.5 Å². The van der Waals surface area contributed by atoms with Crippen molar-refractivity contribution < 1.29 is 8.95 Å². The van der Waals surface area contributed by atoms with Crippen LogP contribution in [0.4, 0.5) is 5.95 Å². The first-order valence-electron chi connectivity index (χ1n) is 6.29. The Morgan fingerprint density at radius 1 is 1.56 bits per heavy atom. The fraction of sp³-hybridized carbons (Fsp3) is 0.750. The molecule has 6 heteroatoms. The van der Waals surface area contributed by atoms with Crippen LogP contribution in [0.1, 0.15) is 19.0 Å². The molecule has 104 valence electrons. The predicted molar refractivity (Wildman–Crippen MR) is 75.5 cm³/mol. The highest BCUT2D eigenvalue weighted by atomic mass is 32.2. The summed E-state index contributed by atoms with van der Waals surface area (Å²) >= 11 is 0. The maximum atomic E-state index is 11.1. The fourth-order valence-electron chi connectivity index (χ4n) is 1.60. The number of hydrogen-bond acceptors (Lipinski definition) is 4. The first-order valence-corrected chi connectivity index (χ1v) is 8.01. The molecule has 0 radical (unpaired) electrons. The minimum absolute atomic E-state index is 0.656. The van der Waals surface area contributed by atoms with Crippen LogP contribution in [-0.2, 0) is 22.1 Å². The second kappa shape index (κ2) is 8.26. The van der Waals surface area contributed by atoms with Gasteiger partial charge in [0.2, 0.25) is 5.95 Å². The van der Waals surface area contributed by atoms with E-state index in [0.717, 1.165) is 44.4 Å². The van der Waals surface area contributed by atoms with E-state index in [4.69, 9.17) is 4.74 Å². The monoisotopic (exact) mass is 273 g/mol. The predicted octanol–water partition coefficient (Wildman–Crippen LogP) is 1.41. The largest absolute Gasteiger partial charge is 0.382 e. The number of ether oxygens (including phenoxy) is 1. The normalized spacial score (nSPS) is 12.6. The van der Waals surface area contributed by atoms with Gasteiger partial charge in [0.25, 0.3) is 0 Å². The molecule has 0 spiro atoms. The zero-order valence-electron chi connectivity index (χ0n) is 11.4. The molecular weight excluding hydrogens is 250 g/mol. The maximum Gasteiger partial charge on any atom is 0.203 e. The Bertz CT molecular complexity index is 379. The van der Waals surface area contributed by atoms with Gasteiger partial charge >= 0.3 is 0 Å². The second-order valence-electron chi connectivity index (χ2n) is 4.15. The highest BCUT2D eigenvalue weighted by molar-refractivity contribution is 7.84. The van der Waals surface area contributed by atoms with E-state index in [1.54, 1.807) is 6.26 Å². The van der Waals surface area contributed by atoms with Crippen LogP contribution in [0.5, 0.6) is 0 Å². The van der Waals surface area contributed by atoms with Crippen molar-refractivity contribution >= 4 is 16.7 Å². The van der Waals surface area contributed by atoms with E-state index in [9.17, 15) is 4.21 Å². The number of rotatable bonds is 9. The average Bonchev–Trinajstić information content (AvgIpc) is 2.67. The molecule has 0 saturated carbocycles. The van der Waals surface area contributed by atoms with Gasteiger partial charge < -0.3 is 14.6 Å². The molecule has 1 atom stereocenters. The molecule has 1 aromatic heterocycles. The van der Waals surface area contributed by atoms with Crippen molar-refractivity contribution in [3.05, 3.63) is 11.9 Å².